The zero-order valence-corrected chi connectivity index (χ0v) is 19.0. The molecule has 30 heavy (non-hydrogen) atoms. The normalized spacial score (nSPS) is 11.1. The van der Waals surface area contributed by atoms with E-state index in [-0.39, 0.29) is 5.69 Å². The summed E-state index contributed by atoms with van der Waals surface area (Å²) < 4.78 is 9.18. The highest BCUT2D eigenvalue weighted by atomic mass is 16.5. The molecule has 0 N–H and O–H groups in total. The molecule has 0 atom stereocenters. The minimum Gasteiger partial charge on any atom is -0.497 e. The molecule has 3 rings (SSSR count). The molecule has 0 bridgehead atoms. The molecule has 4 nitrogen and oxygen atoms in total. The van der Waals surface area contributed by atoms with Crippen LogP contribution >= 0.6 is 0 Å². The van der Waals surface area contributed by atoms with Gasteiger partial charge in [0.1, 0.15) is 5.75 Å². The van der Waals surface area contributed by atoms with Gasteiger partial charge in [-0.2, -0.15) is 0 Å². The minimum absolute atomic E-state index is 0.118. The topological polar surface area (TPSA) is 36.2 Å². The van der Waals surface area contributed by atoms with Gasteiger partial charge < -0.3 is 4.74 Å². The van der Waals surface area contributed by atoms with Gasteiger partial charge in [-0.05, 0) is 80.8 Å². The summed E-state index contributed by atoms with van der Waals surface area (Å²) in [6, 6.07) is 14.7. The van der Waals surface area contributed by atoms with Gasteiger partial charge in [0, 0.05) is 17.9 Å². The van der Waals surface area contributed by atoms with Gasteiger partial charge in [0.15, 0.2) is 0 Å². The summed E-state index contributed by atoms with van der Waals surface area (Å²) in [5.41, 5.74) is 7.43. The second-order valence-electron chi connectivity index (χ2n) is 8.17. The smallest absolute Gasteiger partial charge is 0.328 e. The third-order valence-electron chi connectivity index (χ3n) is 6.01. The minimum atomic E-state index is 0.118. The Bertz CT molecular complexity index is 1040. The van der Waals surface area contributed by atoms with Crippen LogP contribution in [0.1, 0.15) is 53.4 Å². The van der Waals surface area contributed by atoms with E-state index in [0.717, 1.165) is 43.7 Å². The first-order valence-corrected chi connectivity index (χ1v) is 10.9. The standard InChI is InChI=1S/C26H34N2O2/c1-6-16-27-25(9-7-8-22-12-14-24(30-5)15-13-22)21(4)28(26(27)29)18-23-11-10-19(2)20(3)17-23/h10-15,17H,6-9,16,18H2,1-5H3. The summed E-state index contributed by atoms with van der Waals surface area (Å²) in [5.74, 6) is 0.884. The monoisotopic (exact) mass is 406 g/mol. The summed E-state index contributed by atoms with van der Waals surface area (Å²) in [5, 5.41) is 0. The van der Waals surface area contributed by atoms with Crippen LogP contribution in [0.25, 0.3) is 0 Å². The largest absolute Gasteiger partial charge is 0.497 e. The van der Waals surface area contributed by atoms with E-state index in [4.69, 9.17) is 4.74 Å². The average Bonchev–Trinajstić information content (AvgIpc) is 2.96. The number of hydrogen-bond acceptors (Lipinski definition) is 2. The predicted octanol–water partition coefficient (Wildman–Crippen LogP) is 5.22. The van der Waals surface area contributed by atoms with Crippen LogP contribution in [0.5, 0.6) is 5.75 Å². The molecule has 0 saturated heterocycles. The quantitative estimate of drug-likeness (QED) is 0.489. The second-order valence-corrected chi connectivity index (χ2v) is 8.17. The third-order valence-corrected chi connectivity index (χ3v) is 6.01. The van der Waals surface area contributed by atoms with Gasteiger partial charge in [-0.1, -0.05) is 37.3 Å². The lowest BCUT2D eigenvalue weighted by Crippen LogP contribution is -2.26. The van der Waals surface area contributed by atoms with E-state index in [1.165, 1.54) is 27.9 Å². The lowest BCUT2D eigenvalue weighted by atomic mass is 10.1. The molecule has 0 fully saturated rings. The lowest BCUT2D eigenvalue weighted by molar-refractivity contribution is 0.414. The van der Waals surface area contributed by atoms with Crippen molar-refractivity contribution in [3.05, 3.63) is 86.6 Å². The fourth-order valence-corrected chi connectivity index (χ4v) is 4.05. The maximum Gasteiger partial charge on any atom is 0.328 e. The lowest BCUT2D eigenvalue weighted by Gasteiger charge is -2.09. The first-order chi connectivity index (χ1) is 14.4. The summed E-state index contributed by atoms with van der Waals surface area (Å²) in [7, 11) is 1.69. The van der Waals surface area contributed by atoms with Crippen LogP contribution in [-0.2, 0) is 25.9 Å². The average molecular weight is 407 g/mol. The fourth-order valence-electron chi connectivity index (χ4n) is 4.05. The van der Waals surface area contributed by atoms with Gasteiger partial charge in [-0.25, -0.2) is 4.79 Å². The van der Waals surface area contributed by atoms with Gasteiger partial charge >= 0.3 is 5.69 Å². The number of nitrogens with zero attached hydrogens (tertiary/aromatic N) is 2. The number of benzene rings is 2. The highest BCUT2D eigenvalue weighted by Gasteiger charge is 2.16. The van der Waals surface area contributed by atoms with Crippen LogP contribution in [0.4, 0.5) is 0 Å². The molecular formula is C26H34N2O2. The van der Waals surface area contributed by atoms with Crippen molar-refractivity contribution in [1.82, 2.24) is 9.13 Å². The van der Waals surface area contributed by atoms with Crippen LogP contribution in [0, 0.1) is 20.8 Å². The number of methoxy groups -OCH3 is 1. The second kappa shape index (κ2) is 9.84. The number of aryl methyl sites for hydroxylation is 3. The maximum atomic E-state index is 13.2. The fraction of sp³-hybridized carbons (Fsp3) is 0.423. The van der Waals surface area contributed by atoms with Gasteiger partial charge in [0.25, 0.3) is 0 Å². The molecule has 0 unspecified atom stereocenters. The summed E-state index contributed by atoms with van der Waals surface area (Å²) >= 11 is 0. The first-order valence-electron chi connectivity index (χ1n) is 10.9. The van der Waals surface area contributed by atoms with Crippen molar-refractivity contribution in [3.8, 4) is 5.75 Å². The summed E-state index contributed by atoms with van der Waals surface area (Å²) in [4.78, 5) is 13.2. The van der Waals surface area contributed by atoms with Crippen LogP contribution in [-0.4, -0.2) is 16.2 Å². The molecule has 4 heteroatoms. The Labute approximate surface area is 180 Å². The van der Waals surface area contributed by atoms with Crippen molar-refractivity contribution in [1.29, 1.82) is 0 Å². The summed E-state index contributed by atoms with van der Waals surface area (Å²) in [6.07, 6.45) is 3.88. The first kappa shape index (κ1) is 21.9. The molecule has 0 radical (unpaired) electrons. The van der Waals surface area contributed by atoms with Gasteiger partial charge in [0.2, 0.25) is 0 Å². The number of rotatable bonds is 9. The van der Waals surface area contributed by atoms with E-state index in [2.05, 4.69) is 58.0 Å². The molecule has 1 heterocycles. The van der Waals surface area contributed by atoms with Crippen LogP contribution in [0.15, 0.2) is 47.3 Å². The third kappa shape index (κ3) is 4.86. The molecule has 2 aromatic carbocycles. The number of imidazole rings is 1. The van der Waals surface area contributed by atoms with Crippen LogP contribution < -0.4 is 10.4 Å². The van der Waals surface area contributed by atoms with Gasteiger partial charge in [0.05, 0.1) is 13.7 Å². The Balaban J connectivity index is 1.79. The predicted molar refractivity (Wildman–Crippen MR) is 124 cm³/mol. The van der Waals surface area contributed by atoms with E-state index < -0.39 is 0 Å². The number of ether oxygens (including phenoxy) is 1. The van der Waals surface area contributed by atoms with Crippen LogP contribution in [0.2, 0.25) is 0 Å². The Morgan fingerprint density at radius 3 is 2.20 bits per heavy atom. The number of hydrogen-bond donors (Lipinski definition) is 0. The van der Waals surface area contributed by atoms with E-state index >= 15 is 0 Å². The maximum absolute atomic E-state index is 13.2. The molecule has 1 aromatic heterocycles. The van der Waals surface area contributed by atoms with Crippen molar-refractivity contribution in [2.45, 2.75) is 66.5 Å². The Morgan fingerprint density at radius 2 is 1.57 bits per heavy atom. The number of aromatic nitrogens is 2. The van der Waals surface area contributed by atoms with E-state index in [1.807, 2.05) is 21.3 Å². The molecule has 0 aliphatic heterocycles. The molecule has 160 valence electrons. The van der Waals surface area contributed by atoms with Crippen molar-refractivity contribution in [3.63, 3.8) is 0 Å². The van der Waals surface area contributed by atoms with Crippen molar-refractivity contribution < 1.29 is 4.74 Å². The zero-order chi connectivity index (χ0) is 21.7. The molecule has 0 saturated carbocycles. The highest BCUT2D eigenvalue weighted by Crippen LogP contribution is 2.17. The Hall–Kier alpha value is -2.75. The summed E-state index contributed by atoms with van der Waals surface area (Å²) in [6.45, 7) is 9.88. The SMILES string of the molecule is CCCn1c(CCCc2ccc(OC)cc2)c(C)n(Cc2ccc(C)c(C)c2)c1=O. The molecule has 0 spiro atoms. The van der Waals surface area contributed by atoms with E-state index in [1.54, 1.807) is 7.11 Å². The van der Waals surface area contributed by atoms with Crippen molar-refractivity contribution >= 4 is 0 Å². The van der Waals surface area contributed by atoms with E-state index in [9.17, 15) is 4.79 Å². The van der Waals surface area contributed by atoms with Gasteiger partial charge in [-0.3, -0.25) is 9.13 Å². The van der Waals surface area contributed by atoms with Gasteiger partial charge in [-0.15, -0.1) is 0 Å². The van der Waals surface area contributed by atoms with E-state index in [0.29, 0.717) is 6.54 Å². The molecule has 3 aromatic rings. The van der Waals surface area contributed by atoms with Crippen LogP contribution in [0.3, 0.4) is 0 Å². The molecule has 0 amide bonds. The Morgan fingerprint density at radius 1 is 0.867 bits per heavy atom. The van der Waals surface area contributed by atoms with Crippen molar-refractivity contribution in [2.75, 3.05) is 7.11 Å². The van der Waals surface area contributed by atoms with Crippen molar-refractivity contribution in [2.24, 2.45) is 0 Å². The Kier molecular flexibility index (Phi) is 7.20. The molecule has 0 aliphatic rings. The zero-order valence-electron chi connectivity index (χ0n) is 19.0. The highest BCUT2D eigenvalue weighted by molar-refractivity contribution is 5.31. The molecular weight excluding hydrogens is 372 g/mol. The molecule has 0 aliphatic carbocycles.